The Balaban J connectivity index is 2.75. The van der Waals surface area contributed by atoms with E-state index in [9.17, 15) is 9.00 Å². The minimum Gasteiger partial charge on any atom is -0.348 e. The number of nitrogens with two attached hydrogens (primary N) is 1. The highest BCUT2D eigenvalue weighted by Gasteiger charge is 2.14. The van der Waals surface area contributed by atoms with Crippen molar-refractivity contribution in [3.05, 3.63) is 21.4 Å². The van der Waals surface area contributed by atoms with Crippen LogP contribution >= 0.6 is 11.3 Å². The van der Waals surface area contributed by atoms with Gasteiger partial charge in [0.15, 0.2) is 0 Å². The maximum Gasteiger partial charge on any atom is 0.261 e. The smallest absolute Gasteiger partial charge is 0.261 e. The lowest BCUT2D eigenvalue weighted by molar-refractivity contribution is 0.0947. The fourth-order valence-corrected chi connectivity index (χ4v) is 3.28. The van der Waals surface area contributed by atoms with Crippen LogP contribution in [-0.4, -0.2) is 34.7 Å². The molecule has 0 fully saturated rings. The average molecular weight is 298 g/mol. The van der Waals surface area contributed by atoms with Gasteiger partial charge in [0, 0.05) is 28.9 Å². The van der Waals surface area contributed by atoms with Crippen molar-refractivity contribution < 1.29 is 9.00 Å². The first kappa shape index (κ1) is 15.9. The van der Waals surface area contributed by atoms with E-state index in [1.165, 1.54) is 11.3 Å². The van der Waals surface area contributed by atoms with Crippen LogP contribution in [-0.2, 0) is 10.8 Å². The molecule has 0 aliphatic carbocycles. The van der Waals surface area contributed by atoms with Crippen molar-refractivity contribution in [1.82, 2.24) is 5.32 Å². The van der Waals surface area contributed by atoms with Gasteiger partial charge in [0.2, 0.25) is 0 Å². The zero-order chi connectivity index (χ0) is 14.4. The third-order valence-electron chi connectivity index (χ3n) is 2.31. The van der Waals surface area contributed by atoms with Crippen molar-refractivity contribution in [2.24, 2.45) is 5.73 Å². The van der Waals surface area contributed by atoms with Crippen LogP contribution in [0.5, 0.6) is 0 Å². The van der Waals surface area contributed by atoms with Crippen LogP contribution < -0.4 is 11.1 Å². The molecular formula is C13H18N2O2S2. The molecule has 0 spiro atoms. The van der Waals surface area contributed by atoms with Crippen molar-refractivity contribution >= 4 is 28.0 Å². The lowest BCUT2D eigenvalue weighted by Gasteiger charge is -2.10. The van der Waals surface area contributed by atoms with Gasteiger partial charge in [-0.1, -0.05) is 11.8 Å². The lowest BCUT2D eigenvalue weighted by atomic mass is 10.2. The Hall–Kier alpha value is -1.16. The largest absolute Gasteiger partial charge is 0.348 e. The van der Waals surface area contributed by atoms with Crippen LogP contribution in [0.25, 0.3) is 0 Å². The zero-order valence-electron chi connectivity index (χ0n) is 11.3. The molecule has 1 heterocycles. The molecule has 0 aliphatic heterocycles. The molecule has 2 unspecified atom stereocenters. The Morgan fingerprint density at radius 1 is 1.63 bits per heavy atom. The molecule has 0 bridgehead atoms. The molecule has 104 valence electrons. The molecule has 4 nitrogen and oxygen atoms in total. The van der Waals surface area contributed by atoms with Crippen LogP contribution in [0, 0.1) is 18.8 Å². The molecule has 19 heavy (non-hydrogen) atoms. The summed E-state index contributed by atoms with van der Waals surface area (Å²) in [4.78, 5) is 13.5. The molecule has 0 aliphatic rings. The molecule has 6 heteroatoms. The fraction of sp³-hybridized carbons (Fsp3) is 0.462. The molecule has 3 N–H and O–H groups in total. The third-order valence-corrected chi connectivity index (χ3v) is 4.43. The summed E-state index contributed by atoms with van der Waals surface area (Å²) >= 11 is 1.35. The van der Waals surface area contributed by atoms with Gasteiger partial charge in [-0.15, -0.1) is 11.3 Å². The van der Waals surface area contributed by atoms with E-state index >= 15 is 0 Å². The van der Waals surface area contributed by atoms with Crippen molar-refractivity contribution in [2.45, 2.75) is 19.9 Å². The minimum atomic E-state index is -0.920. The number of amides is 1. The molecule has 1 amide bonds. The van der Waals surface area contributed by atoms with Crippen LogP contribution in [0.1, 0.15) is 27.0 Å². The summed E-state index contributed by atoms with van der Waals surface area (Å²) in [6.45, 7) is 4.06. The van der Waals surface area contributed by atoms with Gasteiger partial charge in [-0.2, -0.15) is 0 Å². The number of carbonyl (C=O) groups excluding carboxylic acids is 1. The van der Waals surface area contributed by atoms with Gasteiger partial charge in [0.25, 0.3) is 5.91 Å². The summed E-state index contributed by atoms with van der Waals surface area (Å²) in [5, 5.41) is 2.83. The third kappa shape index (κ3) is 5.15. The molecule has 1 rings (SSSR count). The summed E-state index contributed by atoms with van der Waals surface area (Å²) in [5.41, 5.74) is 6.30. The van der Waals surface area contributed by atoms with Gasteiger partial charge in [-0.05, 0) is 25.5 Å². The number of rotatable bonds is 4. The molecule has 0 saturated carbocycles. The summed E-state index contributed by atoms with van der Waals surface area (Å²) < 4.78 is 11.1. The van der Waals surface area contributed by atoms with Crippen molar-refractivity contribution in [1.29, 1.82) is 0 Å². The Morgan fingerprint density at radius 3 is 2.89 bits per heavy atom. The number of carbonyl (C=O) groups is 1. The SMILES string of the molecule is Cc1cc(C(=O)NC(C)CS(C)=O)sc1C#CCN. The monoisotopic (exact) mass is 298 g/mol. The average Bonchev–Trinajstić information content (AvgIpc) is 2.67. The van der Waals surface area contributed by atoms with E-state index in [4.69, 9.17) is 5.73 Å². The van der Waals surface area contributed by atoms with E-state index in [-0.39, 0.29) is 11.9 Å². The number of aryl methyl sites for hydroxylation is 1. The summed E-state index contributed by atoms with van der Waals surface area (Å²) in [5.74, 6) is 6.04. The highest BCUT2D eigenvalue weighted by molar-refractivity contribution is 7.84. The van der Waals surface area contributed by atoms with Crippen LogP contribution in [0.2, 0.25) is 0 Å². The number of hydrogen-bond donors (Lipinski definition) is 2. The second-order valence-electron chi connectivity index (χ2n) is 4.24. The Kier molecular flexibility index (Phi) is 6.22. The Labute approximate surface area is 120 Å². The van der Waals surface area contributed by atoms with Crippen molar-refractivity contribution in [3.63, 3.8) is 0 Å². The summed E-state index contributed by atoms with van der Waals surface area (Å²) in [6.07, 6.45) is 1.62. The van der Waals surface area contributed by atoms with Gasteiger partial charge >= 0.3 is 0 Å². The van der Waals surface area contributed by atoms with Crippen molar-refractivity contribution in [3.8, 4) is 11.8 Å². The summed E-state index contributed by atoms with van der Waals surface area (Å²) in [7, 11) is -0.920. The van der Waals surface area contributed by atoms with E-state index in [0.29, 0.717) is 17.2 Å². The maximum atomic E-state index is 12.0. The minimum absolute atomic E-state index is 0.112. The van der Waals surface area contributed by atoms with Gasteiger partial charge in [-0.25, -0.2) is 0 Å². The predicted octanol–water partition coefficient (Wildman–Crippen LogP) is 0.864. The second kappa shape index (κ2) is 7.43. The lowest BCUT2D eigenvalue weighted by Crippen LogP contribution is -2.35. The topological polar surface area (TPSA) is 72.2 Å². The van der Waals surface area contributed by atoms with Crippen molar-refractivity contribution in [2.75, 3.05) is 18.6 Å². The standard InChI is InChI=1S/C13H18N2O2S2/c1-9-7-12(18-11(9)5-4-6-14)13(16)15-10(2)8-19(3)17/h7,10H,6,8,14H2,1-3H3,(H,15,16). The molecule has 1 aromatic heterocycles. The van der Waals surface area contributed by atoms with E-state index in [2.05, 4.69) is 17.2 Å². The second-order valence-corrected chi connectivity index (χ2v) is 6.77. The maximum absolute atomic E-state index is 12.0. The first-order chi connectivity index (χ1) is 8.93. The first-order valence-corrected chi connectivity index (χ1v) is 8.38. The van der Waals surface area contributed by atoms with Gasteiger partial charge in [0.05, 0.1) is 16.3 Å². The highest BCUT2D eigenvalue weighted by Crippen LogP contribution is 2.20. The highest BCUT2D eigenvalue weighted by atomic mass is 32.2. The molecule has 0 saturated heterocycles. The van der Waals surface area contributed by atoms with E-state index in [0.717, 1.165) is 10.4 Å². The van der Waals surface area contributed by atoms with Gasteiger partial charge in [0.1, 0.15) is 0 Å². The molecular weight excluding hydrogens is 280 g/mol. The number of thiophene rings is 1. The molecule has 1 aromatic rings. The number of hydrogen-bond acceptors (Lipinski definition) is 4. The fourth-order valence-electron chi connectivity index (χ4n) is 1.54. The zero-order valence-corrected chi connectivity index (χ0v) is 12.9. The molecule has 2 atom stereocenters. The predicted molar refractivity (Wildman–Crippen MR) is 80.9 cm³/mol. The van der Waals surface area contributed by atoms with Crippen LogP contribution in [0.3, 0.4) is 0 Å². The van der Waals surface area contributed by atoms with Crippen LogP contribution in [0.15, 0.2) is 6.07 Å². The quantitative estimate of drug-likeness (QED) is 0.810. The van der Waals surface area contributed by atoms with Crippen LogP contribution in [0.4, 0.5) is 0 Å². The Morgan fingerprint density at radius 2 is 2.32 bits per heavy atom. The van der Waals surface area contributed by atoms with E-state index < -0.39 is 10.8 Å². The first-order valence-electron chi connectivity index (χ1n) is 5.84. The normalized spacial score (nSPS) is 13.3. The Bertz CT molecular complexity index is 541. The molecule has 0 radical (unpaired) electrons. The van der Waals surface area contributed by atoms with E-state index in [1.807, 2.05) is 19.9 Å². The van der Waals surface area contributed by atoms with Gasteiger partial charge < -0.3 is 11.1 Å². The summed E-state index contributed by atoms with van der Waals surface area (Å²) in [6, 6.07) is 1.70. The molecule has 0 aromatic carbocycles. The van der Waals surface area contributed by atoms with Gasteiger partial charge in [-0.3, -0.25) is 9.00 Å². The van der Waals surface area contributed by atoms with E-state index in [1.54, 1.807) is 6.26 Å². The number of nitrogens with one attached hydrogen (secondary N) is 1.